The third-order valence-electron chi connectivity index (χ3n) is 5.33. The van der Waals surface area contributed by atoms with Crippen LogP contribution in [0.4, 0.5) is 0 Å². The molecule has 166 valence electrons. The Morgan fingerprint density at radius 3 is 2.58 bits per heavy atom. The zero-order valence-electron chi connectivity index (χ0n) is 19.1. The molecule has 4 nitrogen and oxygen atoms in total. The van der Waals surface area contributed by atoms with Gasteiger partial charge in [0.05, 0.1) is 14.2 Å². The molecule has 31 heavy (non-hydrogen) atoms. The molecule has 0 spiro atoms. The molecular weight excluding hydrogens is 386 g/mol. The number of ether oxygens (including phenoxy) is 2. The Bertz CT molecular complexity index is 861. The van der Waals surface area contributed by atoms with Gasteiger partial charge in [-0.05, 0) is 48.6 Å². The van der Waals surface area contributed by atoms with E-state index >= 15 is 0 Å². The monoisotopic (exact) mass is 421 g/mol. The first kappa shape index (κ1) is 24.4. The van der Waals surface area contributed by atoms with E-state index in [9.17, 15) is 4.79 Å². The number of Topliss-reactive ketones (excluding diaryl/α,β-unsaturated/α-hetero) is 1. The summed E-state index contributed by atoms with van der Waals surface area (Å²) in [6.07, 6.45) is 19.3. The van der Waals surface area contributed by atoms with E-state index in [4.69, 9.17) is 9.47 Å². The highest BCUT2D eigenvalue weighted by Gasteiger charge is 2.19. The van der Waals surface area contributed by atoms with Crippen molar-refractivity contribution in [3.63, 3.8) is 0 Å². The third-order valence-corrected chi connectivity index (χ3v) is 5.33. The van der Waals surface area contributed by atoms with Gasteiger partial charge in [0.2, 0.25) is 0 Å². The van der Waals surface area contributed by atoms with Gasteiger partial charge in [-0.3, -0.25) is 9.69 Å². The van der Waals surface area contributed by atoms with E-state index in [1.54, 1.807) is 14.2 Å². The van der Waals surface area contributed by atoms with Crippen LogP contribution < -0.4 is 9.47 Å². The zero-order chi connectivity index (χ0) is 22.5. The van der Waals surface area contributed by atoms with Gasteiger partial charge in [-0.15, -0.1) is 0 Å². The second kappa shape index (κ2) is 13.5. The molecule has 2 aliphatic rings. The lowest BCUT2D eigenvalue weighted by atomic mass is 9.98. The van der Waals surface area contributed by atoms with Gasteiger partial charge in [-0.25, -0.2) is 0 Å². The van der Waals surface area contributed by atoms with Crippen molar-refractivity contribution in [2.45, 2.75) is 39.2 Å². The van der Waals surface area contributed by atoms with E-state index in [1.165, 1.54) is 16.7 Å². The molecule has 0 fully saturated rings. The lowest BCUT2D eigenvalue weighted by Gasteiger charge is -2.29. The minimum Gasteiger partial charge on any atom is -0.493 e. The second-order valence-corrected chi connectivity index (χ2v) is 7.50. The Balaban J connectivity index is 0.000000316. The normalized spacial score (nSPS) is 15.4. The number of carbonyl (C=O) groups is 1. The molecule has 0 aromatic heterocycles. The second-order valence-electron chi connectivity index (χ2n) is 7.50. The van der Waals surface area contributed by atoms with Crippen LogP contribution in [0.25, 0.3) is 0 Å². The average Bonchev–Trinajstić information content (AvgIpc) is 3.09. The van der Waals surface area contributed by atoms with Crippen LogP contribution >= 0.6 is 0 Å². The van der Waals surface area contributed by atoms with E-state index in [0.29, 0.717) is 18.6 Å². The fraction of sp³-hybridized carbons (Fsp3) is 0.370. The lowest BCUT2D eigenvalue weighted by Crippen LogP contribution is -2.32. The van der Waals surface area contributed by atoms with E-state index in [-0.39, 0.29) is 0 Å². The number of fused-ring (bicyclic) bond motifs is 1. The van der Waals surface area contributed by atoms with Crippen molar-refractivity contribution >= 4 is 5.78 Å². The fourth-order valence-corrected chi connectivity index (χ4v) is 3.50. The van der Waals surface area contributed by atoms with E-state index in [2.05, 4.69) is 54.0 Å². The van der Waals surface area contributed by atoms with Crippen molar-refractivity contribution in [2.75, 3.05) is 27.3 Å². The van der Waals surface area contributed by atoms with Gasteiger partial charge in [0.1, 0.15) is 5.78 Å². The molecule has 1 heterocycles. The Hall–Kier alpha value is -2.85. The Labute approximate surface area is 187 Å². The fourth-order valence-electron chi connectivity index (χ4n) is 3.50. The van der Waals surface area contributed by atoms with Gasteiger partial charge in [0, 0.05) is 32.5 Å². The summed E-state index contributed by atoms with van der Waals surface area (Å²) in [5.41, 5.74) is 3.77. The number of methoxy groups -OCH3 is 2. The number of hydrogen-bond donors (Lipinski definition) is 0. The largest absolute Gasteiger partial charge is 0.493 e. The molecule has 1 aliphatic carbocycles. The molecule has 1 aromatic carbocycles. The lowest BCUT2D eigenvalue weighted by molar-refractivity contribution is -0.118. The molecule has 0 N–H and O–H groups in total. The maximum Gasteiger partial charge on any atom is 0.161 e. The predicted molar refractivity (Wildman–Crippen MR) is 129 cm³/mol. The summed E-state index contributed by atoms with van der Waals surface area (Å²) in [4.78, 5) is 14.1. The van der Waals surface area contributed by atoms with Crippen LogP contribution in [0.2, 0.25) is 0 Å². The van der Waals surface area contributed by atoms with E-state index in [0.717, 1.165) is 44.0 Å². The van der Waals surface area contributed by atoms with Crippen molar-refractivity contribution in [3.8, 4) is 11.5 Å². The van der Waals surface area contributed by atoms with Crippen molar-refractivity contribution in [3.05, 3.63) is 84.0 Å². The molecule has 1 aromatic rings. The van der Waals surface area contributed by atoms with Gasteiger partial charge in [-0.2, -0.15) is 0 Å². The summed E-state index contributed by atoms with van der Waals surface area (Å²) >= 11 is 0. The number of nitrogens with zero attached hydrogens (tertiary/aromatic N) is 1. The summed E-state index contributed by atoms with van der Waals surface area (Å²) in [5.74, 6) is 1.86. The van der Waals surface area contributed by atoms with Crippen LogP contribution in [0.3, 0.4) is 0 Å². The summed E-state index contributed by atoms with van der Waals surface area (Å²) < 4.78 is 10.7. The van der Waals surface area contributed by atoms with Crippen LogP contribution in [-0.4, -0.2) is 38.0 Å². The van der Waals surface area contributed by atoms with Crippen molar-refractivity contribution in [1.29, 1.82) is 0 Å². The minimum absolute atomic E-state index is 0.302. The molecule has 0 unspecified atom stereocenters. The number of hydrogen-bond acceptors (Lipinski definition) is 4. The molecular formula is C27H35NO3. The van der Waals surface area contributed by atoms with Crippen LogP contribution in [-0.2, 0) is 17.8 Å². The number of benzene rings is 1. The maximum absolute atomic E-state index is 11.8. The van der Waals surface area contributed by atoms with Gasteiger partial charge in [-0.1, -0.05) is 55.2 Å². The average molecular weight is 422 g/mol. The molecule has 0 saturated heterocycles. The van der Waals surface area contributed by atoms with Gasteiger partial charge >= 0.3 is 0 Å². The molecule has 0 atom stereocenters. The smallest absolute Gasteiger partial charge is 0.161 e. The number of carbonyl (C=O) groups excluding carboxylic acids is 1. The number of ketones is 1. The van der Waals surface area contributed by atoms with Crippen LogP contribution in [0.15, 0.2) is 72.9 Å². The summed E-state index contributed by atoms with van der Waals surface area (Å²) in [7, 11) is 3.32. The Kier molecular flexibility index (Phi) is 10.6. The first-order valence-corrected chi connectivity index (χ1v) is 10.9. The van der Waals surface area contributed by atoms with Crippen LogP contribution in [0.1, 0.15) is 37.3 Å². The van der Waals surface area contributed by atoms with Crippen molar-refractivity contribution in [1.82, 2.24) is 4.90 Å². The van der Waals surface area contributed by atoms with Gasteiger partial charge in [0.25, 0.3) is 0 Å². The summed E-state index contributed by atoms with van der Waals surface area (Å²) in [5, 5.41) is 0. The van der Waals surface area contributed by atoms with E-state index in [1.807, 2.05) is 25.2 Å². The van der Waals surface area contributed by atoms with Crippen molar-refractivity contribution < 1.29 is 14.3 Å². The van der Waals surface area contributed by atoms with Gasteiger partial charge < -0.3 is 9.47 Å². The third kappa shape index (κ3) is 8.06. The number of allylic oxidation sites excluding steroid dienone is 9. The Morgan fingerprint density at radius 2 is 1.90 bits per heavy atom. The molecule has 4 heteroatoms. The Morgan fingerprint density at radius 1 is 1.16 bits per heavy atom. The predicted octanol–water partition coefficient (Wildman–Crippen LogP) is 5.60. The molecule has 3 rings (SSSR count). The van der Waals surface area contributed by atoms with Crippen LogP contribution in [0, 0.1) is 0 Å². The maximum atomic E-state index is 11.8. The molecule has 0 bridgehead atoms. The van der Waals surface area contributed by atoms with Gasteiger partial charge in [0.15, 0.2) is 11.5 Å². The molecule has 0 radical (unpaired) electrons. The zero-order valence-corrected chi connectivity index (χ0v) is 19.1. The topological polar surface area (TPSA) is 38.8 Å². The van der Waals surface area contributed by atoms with Crippen molar-refractivity contribution in [2.24, 2.45) is 0 Å². The summed E-state index contributed by atoms with van der Waals surface area (Å²) in [6.45, 7) is 8.29. The molecule has 1 aliphatic heterocycles. The minimum atomic E-state index is 0.302. The highest BCUT2D eigenvalue weighted by Crippen LogP contribution is 2.33. The highest BCUT2D eigenvalue weighted by atomic mass is 16.5. The highest BCUT2D eigenvalue weighted by molar-refractivity contribution is 5.79. The standard InChI is InChI=1S/C18H25NO3.C9H10/c1-4-5-6-16(20)8-10-19-9-7-14-11-17(21-2)18(22-3)12-15(14)13-19;1-2-9-7-5-3-4-6-8-9/h4-5,11-12H,6-10,13H2,1-3H3;2-3,5-8H,1,4H2/b5-4-;. The van der Waals surface area contributed by atoms with Crippen LogP contribution in [0.5, 0.6) is 11.5 Å². The SMILES string of the molecule is C/C=C\CC(=O)CCN1CCc2cc(OC)c(OC)cc2C1.C=CC1=CC=CCC=C1. The molecule has 0 amide bonds. The summed E-state index contributed by atoms with van der Waals surface area (Å²) in [6, 6.07) is 4.13. The number of rotatable bonds is 8. The first-order valence-electron chi connectivity index (χ1n) is 10.9. The van der Waals surface area contributed by atoms with E-state index < -0.39 is 0 Å². The quantitative estimate of drug-likeness (QED) is 0.512. The first-order chi connectivity index (χ1) is 15.1. The molecule has 0 saturated carbocycles.